The number of carbonyl (C=O) groups excluding carboxylic acids is 4. The van der Waals surface area contributed by atoms with Crippen molar-refractivity contribution in [2.75, 3.05) is 45.6 Å². The Morgan fingerprint density at radius 3 is 2.13 bits per heavy atom. The zero-order chi connectivity index (χ0) is 51.9. The fourth-order valence-electron chi connectivity index (χ4n) is 7.95. The Labute approximate surface area is 408 Å². The number of phenols is 1. The van der Waals surface area contributed by atoms with Crippen LogP contribution in [0.25, 0.3) is 22.5 Å². The van der Waals surface area contributed by atoms with Crippen LogP contribution in [0.1, 0.15) is 70.9 Å². The number of ether oxygens (including phenoxy) is 2. The molecule has 1 aliphatic heterocycles. The van der Waals surface area contributed by atoms with Crippen LogP contribution in [-0.4, -0.2) is 144 Å². The van der Waals surface area contributed by atoms with E-state index in [0.717, 1.165) is 37.3 Å². The summed E-state index contributed by atoms with van der Waals surface area (Å²) in [6.07, 6.45) is 0.655. The van der Waals surface area contributed by atoms with Crippen LogP contribution in [0.2, 0.25) is 0 Å². The van der Waals surface area contributed by atoms with E-state index in [-0.39, 0.29) is 77.2 Å². The number of benzene rings is 3. The molecule has 3 aromatic carbocycles. The summed E-state index contributed by atoms with van der Waals surface area (Å²) in [5, 5.41) is 55.3. The fourth-order valence-corrected chi connectivity index (χ4v) is 8.34. The summed E-state index contributed by atoms with van der Waals surface area (Å²) in [6, 6.07) is 7.69. The van der Waals surface area contributed by atoms with Gasteiger partial charge in [0.25, 0.3) is 16.1 Å². The number of rotatable bonds is 18. The van der Waals surface area contributed by atoms with Crippen LogP contribution in [0, 0.1) is 6.92 Å². The molecule has 4 bridgehead atoms. The number of phenolic OH excluding ortho intramolecular Hbond substituents is 1. The van der Waals surface area contributed by atoms with Gasteiger partial charge in [-0.3, -0.25) is 19.2 Å². The average molecular weight is 1010 g/mol. The Hall–Kier alpha value is -7.00. The molecule has 24 nitrogen and oxygen atoms in total. The minimum atomic E-state index is -4.54. The van der Waals surface area contributed by atoms with Gasteiger partial charge >= 0.3 is 5.97 Å². The number of nitrogens with zero attached hydrogens (tertiary/aromatic N) is 3. The largest absolute Gasteiger partial charge is 0.504 e. The molecule has 4 amide bonds. The average Bonchev–Trinajstić information content (AvgIpc) is 3.30. The van der Waals surface area contributed by atoms with E-state index < -0.39 is 95.1 Å². The molecule has 1 fully saturated rings. The number of aryl methyl sites for hydroxylation is 1. The molecular weight excluding hydrogens is 947 g/mol. The van der Waals surface area contributed by atoms with Crippen LogP contribution in [0.15, 0.2) is 54.6 Å². The van der Waals surface area contributed by atoms with E-state index in [1.807, 2.05) is 29.0 Å². The molecule has 1 saturated carbocycles. The molecule has 382 valence electrons. The lowest BCUT2D eigenvalue weighted by Gasteiger charge is -2.33. The number of hydrogen-bond donors (Lipinski definition) is 12. The van der Waals surface area contributed by atoms with Crippen LogP contribution >= 0.6 is 0 Å². The third-order valence-electron chi connectivity index (χ3n) is 12.1. The molecule has 0 radical (unpaired) electrons. The molecule has 0 saturated heterocycles. The van der Waals surface area contributed by atoms with Crippen LogP contribution in [-0.2, 0) is 35.8 Å². The summed E-state index contributed by atoms with van der Waals surface area (Å²) < 4.78 is 38.3. The monoisotopic (exact) mass is 1010 g/mol. The van der Waals surface area contributed by atoms with Gasteiger partial charge in [0.2, 0.25) is 17.7 Å². The van der Waals surface area contributed by atoms with E-state index in [2.05, 4.69) is 25.9 Å². The highest BCUT2D eigenvalue weighted by Gasteiger charge is 2.38. The molecule has 6 atom stereocenters. The normalized spacial score (nSPS) is 18.6. The van der Waals surface area contributed by atoms with Crippen molar-refractivity contribution in [2.45, 2.75) is 81.8 Å². The van der Waals surface area contributed by atoms with Crippen LogP contribution in [0.3, 0.4) is 0 Å². The minimum absolute atomic E-state index is 0.00831. The lowest BCUT2D eigenvalue weighted by molar-refractivity contribution is -0.143. The van der Waals surface area contributed by atoms with Gasteiger partial charge in [0.15, 0.2) is 17.3 Å². The maximum absolute atomic E-state index is 14.9. The summed E-state index contributed by atoms with van der Waals surface area (Å²) in [7, 11) is -3.41. The van der Waals surface area contributed by atoms with E-state index in [4.69, 9.17) is 31.8 Å². The summed E-state index contributed by atoms with van der Waals surface area (Å²) in [5.74, 6) is -6.13. The first-order valence-electron chi connectivity index (χ1n) is 22.5. The number of fused-ring (bicyclic) bond motifs is 5. The SMILES string of the molecule is Cc1nc(-c2ccc(C3CCC3)cc2)nc(N)c1C(=O)NC(CNS(N)(=O)=O)C(=O)N(C)[C@@H]1C(=O)N[C@@H](C)C(=O)N[C@H](C(=O)O)Cc2ccc(OCC(O)CN)c(c2)-c2cc1cc(OCC(O)CN)c2O. The van der Waals surface area contributed by atoms with Crippen molar-refractivity contribution >= 4 is 45.6 Å². The maximum atomic E-state index is 14.9. The number of anilines is 1. The van der Waals surface area contributed by atoms with Gasteiger partial charge in [-0.15, -0.1) is 0 Å². The molecule has 1 aromatic heterocycles. The van der Waals surface area contributed by atoms with Crippen molar-refractivity contribution in [3.05, 3.63) is 82.5 Å². The number of amides is 4. The fraction of sp³-hybridized carbons (Fsp3) is 0.413. The molecular formula is C46H59N11O13S. The predicted octanol–water partition coefficient (Wildman–Crippen LogP) is -1.21. The van der Waals surface area contributed by atoms with Crippen molar-refractivity contribution in [1.82, 2.24) is 35.5 Å². The van der Waals surface area contributed by atoms with Gasteiger partial charge in [0, 0.05) is 49.8 Å². The van der Waals surface area contributed by atoms with Gasteiger partial charge in [-0.05, 0) is 73.6 Å². The van der Waals surface area contributed by atoms with Crippen molar-refractivity contribution < 1.29 is 62.3 Å². The molecule has 1 aliphatic carbocycles. The smallest absolute Gasteiger partial charge is 0.326 e. The molecule has 16 N–H and O–H groups in total. The van der Waals surface area contributed by atoms with Crippen LogP contribution in [0.5, 0.6) is 17.2 Å². The third kappa shape index (κ3) is 13.1. The molecule has 71 heavy (non-hydrogen) atoms. The lowest BCUT2D eigenvalue weighted by Crippen LogP contribution is -2.57. The number of aliphatic carboxylic acids is 1. The van der Waals surface area contributed by atoms with E-state index in [1.54, 1.807) is 0 Å². The van der Waals surface area contributed by atoms with E-state index in [1.165, 1.54) is 43.7 Å². The first kappa shape index (κ1) is 53.4. The molecule has 6 rings (SSSR count). The van der Waals surface area contributed by atoms with Gasteiger partial charge in [-0.1, -0.05) is 36.8 Å². The number of nitrogens with two attached hydrogens (primary N) is 4. The summed E-state index contributed by atoms with van der Waals surface area (Å²) in [5.41, 5.74) is 19.3. The van der Waals surface area contributed by atoms with Crippen molar-refractivity contribution in [2.24, 2.45) is 16.6 Å². The van der Waals surface area contributed by atoms with Crippen molar-refractivity contribution in [3.8, 4) is 39.8 Å². The van der Waals surface area contributed by atoms with Crippen molar-refractivity contribution in [1.29, 1.82) is 0 Å². The Morgan fingerprint density at radius 2 is 1.55 bits per heavy atom. The maximum Gasteiger partial charge on any atom is 0.326 e. The molecule has 0 spiro atoms. The van der Waals surface area contributed by atoms with Crippen molar-refractivity contribution in [3.63, 3.8) is 0 Å². The summed E-state index contributed by atoms with van der Waals surface area (Å²) in [4.78, 5) is 79.4. The summed E-state index contributed by atoms with van der Waals surface area (Å²) >= 11 is 0. The first-order valence-corrected chi connectivity index (χ1v) is 24.1. The lowest BCUT2D eigenvalue weighted by atomic mass is 9.80. The van der Waals surface area contributed by atoms with Gasteiger partial charge in [0.1, 0.15) is 66.7 Å². The Kier molecular flexibility index (Phi) is 17.2. The molecule has 3 unspecified atom stereocenters. The molecule has 25 heteroatoms. The second kappa shape index (κ2) is 22.8. The zero-order valence-corrected chi connectivity index (χ0v) is 39.9. The van der Waals surface area contributed by atoms with Gasteiger partial charge in [0.05, 0.1) is 5.69 Å². The second-order valence-electron chi connectivity index (χ2n) is 17.4. The van der Waals surface area contributed by atoms with Gasteiger partial charge in [-0.2, -0.15) is 13.1 Å². The predicted molar refractivity (Wildman–Crippen MR) is 257 cm³/mol. The van der Waals surface area contributed by atoms with Crippen LogP contribution < -0.4 is 52.5 Å². The number of nitrogen functional groups attached to an aromatic ring is 1. The third-order valence-corrected chi connectivity index (χ3v) is 12.7. The first-order chi connectivity index (χ1) is 33.6. The quantitative estimate of drug-likeness (QED) is 0.0556. The summed E-state index contributed by atoms with van der Waals surface area (Å²) in [6.45, 7) is 0.568. The highest BCUT2D eigenvalue weighted by atomic mass is 32.2. The number of aromatic nitrogens is 2. The van der Waals surface area contributed by atoms with E-state index in [9.17, 15) is 52.8 Å². The topological polar surface area (TPSA) is 400 Å². The number of aromatic hydroxyl groups is 1. The highest BCUT2D eigenvalue weighted by Crippen LogP contribution is 2.45. The van der Waals surface area contributed by atoms with E-state index in [0.29, 0.717) is 17.0 Å². The molecule has 2 aliphatic rings. The standard InChI is InChI=1S/C46H59N11O13S/c1-22-37(40(49)56-41(52-22)27-10-8-26(9-11-27)25-5-4-6-25)43(62)55-34(19-51-71(50,67)68)45(64)57(3)38-28-15-32(39(60)36(16-28)70-21-30(59)18-48)31-13-24(7-12-35(31)69-20-29(58)17-47)14-33(46(65)66)54-42(61)23(2)53-44(38)63/h7-13,15-16,23,25,29-30,33-34,38,51,58-60H,4-6,14,17-21,47-48H2,1-3H3,(H,53,63)(H,54,61)(H,55,62)(H,65,66)(H2,49,52,56)(H2,50,67,68)/t23-,29?,30?,33-,34?,38-/m0/s1. The number of carbonyl (C=O) groups is 5. The number of carboxylic acid groups (broad SMARTS) is 1. The zero-order valence-electron chi connectivity index (χ0n) is 39.1. The minimum Gasteiger partial charge on any atom is -0.504 e. The van der Waals surface area contributed by atoms with E-state index >= 15 is 0 Å². The molecule has 4 aromatic rings. The number of nitrogens with one attached hydrogen (secondary N) is 4. The highest BCUT2D eigenvalue weighted by molar-refractivity contribution is 7.87. The number of aliphatic hydroxyl groups is 2. The molecule has 2 heterocycles. The number of carboxylic acids is 1. The Bertz CT molecular complexity index is 2740. The second-order valence-corrected chi connectivity index (χ2v) is 18.8. The Morgan fingerprint density at radius 1 is 0.901 bits per heavy atom. The van der Waals surface area contributed by atoms with Gasteiger partial charge in [-0.25, -0.2) is 19.9 Å². The van der Waals surface area contributed by atoms with Crippen LogP contribution in [0.4, 0.5) is 5.82 Å². The van der Waals surface area contributed by atoms with Gasteiger partial charge < -0.3 is 68.0 Å². The number of likely N-dealkylation sites (N-methyl/N-ethyl adjacent to an activating group) is 1. The Balaban J connectivity index is 1.46. The number of hydrogen-bond acceptors (Lipinski definition) is 17. The number of aliphatic hydroxyl groups excluding tert-OH is 2.